The molecule has 0 radical (unpaired) electrons. The van der Waals surface area contributed by atoms with E-state index in [9.17, 15) is 13.4 Å². The van der Waals surface area contributed by atoms with Crippen molar-refractivity contribution in [1.82, 2.24) is 14.1 Å². The summed E-state index contributed by atoms with van der Waals surface area (Å²) in [6.45, 7) is 7.51. The number of aldehydes is 1. The van der Waals surface area contributed by atoms with Gasteiger partial charge in [-0.25, -0.2) is 9.07 Å². The Balaban J connectivity index is 1.41. The number of halogens is 1. The van der Waals surface area contributed by atoms with Gasteiger partial charge in [0.25, 0.3) is 0 Å². The summed E-state index contributed by atoms with van der Waals surface area (Å²) >= 11 is 0. The number of aromatic nitrogens is 2. The summed E-state index contributed by atoms with van der Waals surface area (Å²) < 4.78 is 30.6. The van der Waals surface area contributed by atoms with Gasteiger partial charge < -0.3 is 4.79 Å². The topological polar surface area (TPSA) is 55.2 Å². The average Bonchev–Trinajstić information content (AvgIpc) is 3.24. The van der Waals surface area contributed by atoms with Crippen LogP contribution in [0.25, 0.3) is 11.8 Å². The largest absolute Gasteiger partial charge is 0.302 e. The summed E-state index contributed by atoms with van der Waals surface area (Å²) in [6, 6.07) is 14.2. The quantitative estimate of drug-likeness (QED) is 0.307. The van der Waals surface area contributed by atoms with E-state index < -0.39 is 16.4 Å². The molecular formula is C27H29FN3O2S+. The highest BCUT2D eigenvalue weighted by molar-refractivity contribution is 7.82. The van der Waals surface area contributed by atoms with Gasteiger partial charge in [-0.1, -0.05) is 42.7 Å². The fourth-order valence-electron chi connectivity index (χ4n) is 4.93. The molecule has 1 saturated heterocycles. The standard InChI is InChI=1S/C27H28FN3O2S/c1-26(2,3)20-4-10-24(11-5-20)34(33)30-13-12-21-14-25-19(15-27(21,17-30)18-32)16-29-31(25)23-8-6-22(28)7-9-23/h4-11,14,16,18H,12-13,15,17H2,1-3H3/p+1. The molecule has 0 N–H and O–H groups in total. The van der Waals surface area contributed by atoms with Gasteiger partial charge in [0.1, 0.15) is 12.1 Å². The van der Waals surface area contributed by atoms with E-state index in [0.717, 1.165) is 33.7 Å². The van der Waals surface area contributed by atoms with Crippen molar-refractivity contribution < 1.29 is 13.4 Å². The van der Waals surface area contributed by atoms with E-state index in [1.165, 1.54) is 17.7 Å². The van der Waals surface area contributed by atoms with Crippen molar-refractivity contribution in [2.24, 2.45) is 5.41 Å². The first kappa shape index (κ1) is 22.9. The highest BCUT2D eigenvalue weighted by Gasteiger charge is 2.46. The van der Waals surface area contributed by atoms with Gasteiger partial charge in [0.05, 0.1) is 29.5 Å². The minimum Gasteiger partial charge on any atom is -0.302 e. The molecule has 0 amide bonds. The Morgan fingerprint density at radius 3 is 2.44 bits per heavy atom. The third-order valence-corrected chi connectivity index (χ3v) is 8.55. The van der Waals surface area contributed by atoms with Crippen LogP contribution in [0.2, 0.25) is 0 Å². The van der Waals surface area contributed by atoms with Crippen LogP contribution in [0, 0.1) is 11.2 Å². The van der Waals surface area contributed by atoms with Crippen molar-refractivity contribution in [2.75, 3.05) is 13.1 Å². The maximum atomic E-state index is 13.4. The number of carbonyl (C=O) groups excluding carboxylic acids is 1. The van der Waals surface area contributed by atoms with Crippen molar-refractivity contribution in [3.8, 4) is 5.69 Å². The van der Waals surface area contributed by atoms with Gasteiger partial charge in [0.2, 0.25) is 0 Å². The fraction of sp³-hybridized carbons (Fsp3) is 0.333. The normalized spacial score (nSPS) is 21.4. The molecule has 1 aliphatic heterocycles. The highest BCUT2D eigenvalue weighted by atomic mass is 32.2. The molecule has 1 fully saturated rings. The van der Waals surface area contributed by atoms with Crippen molar-refractivity contribution in [3.63, 3.8) is 0 Å². The number of nitrogens with zero attached hydrogens (tertiary/aromatic N) is 3. The number of rotatable bonds is 4. The molecule has 2 aliphatic rings. The molecule has 3 aromatic rings. The highest BCUT2D eigenvalue weighted by Crippen LogP contribution is 2.43. The van der Waals surface area contributed by atoms with Crippen LogP contribution in [-0.2, 0) is 31.8 Å². The Morgan fingerprint density at radius 1 is 1.09 bits per heavy atom. The molecule has 2 heterocycles. The smallest absolute Gasteiger partial charge is 0.178 e. The van der Waals surface area contributed by atoms with Crippen molar-refractivity contribution in [3.05, 3.63) is 82.9 Å². The molecule has 0 bridgehead atoms. The molecule has 2 unspecified atom stereocenters. The number of fused-ring (bicyclic) bond motifs is 2. The van der Waals surface area contributed by atoms with Gasteiger partial charge in [-0.2, -0.15) is 5.10 Å². The van der Waals surface area contributed by atoms with E-state index >= 15 is 0 Å². The van der Waals surface area contributed by atoms with E-state index in [1.54, 1.807) is 23.0 Å². The summed E-state index contributed by atoms with van der Waals surface area (Å²) in [5.74, 6) is -0.294. The Kier molecular flexibility index (Phi) is 5.65. The van der Waals surface area contributed by atoms with Crippen LogP contribution in [0.5, 0.6) is 0 Å². The molecule has 7 heteroatoms. The maximum absolute atomic E-state index is 13.4. The van der Waals surface area contributed by atoms with E-state index in [1.807, 2.05) is 34.6 Å². The lowest BCUT2D eigenvalue weighted by Gasteiger charge is -2.40. The zero-order valence-electron chi connectivity index (χ0n) is 19.7. The first-order chi connectivity index (χ1) is 16.2. The number of benzene rings is 2. The van der Waals surface area contributed by atoms with Gasteiger partial charge in [0.15, 0.2) is 15.9 Å². The minimum atomic E-state index is -1.77. The number of carbonyl (C=O) groups is 1. The average molecular weight is 479 g/mol. The SMILES string of the molecule is CC(C)(C)c1ccc([SH+](=O)N2CCC3=Cc4c(cnn4-c4ccc(F)cc4)CC3(C=O)C2)cc1. The zero-order valence-corrected chi connectivity index (χ0v) is 20.6. The van der Waals surface area contributed by atoms with E-state index in [2.05, 4.69) is 25.9 Å². The lowest BCUT2D eigenvalue weighted by Crippen LogP contribution is -2.48. The lowest BCUT2D eigenvalue weighted by atomic mass is 9.70. The zero-order chi connectivity index (χ0) is 24.1. The second-order valence-electron chi connectivity index (χ2n) is 10.3. The van der Waals surface area contributed by atoms with Crippen LogP contribution in [0.1, 0.15) is 44.0 Å². The molecule has 5 rings (SSSR count). The summed E-state index contributed by atoms with van der Waals surface area (Å²) in [5, 5.41) is 4.51. The Morgan fingerprint density at radius 2 is 1.79 bits per heavy atom. The monoisotopic (exact) mass is 478 g/mol. The van der Waals surface area contributed by atoms with Gasteiger partial charge >= 0.3 is 0 Å². The van der Waals surface area contributed by atoms with Crippen LogP contribution >= 0.6 is 0 Å². The first-order valence-corrected chi connectivity index (χ1v) is 12.7. The van der Waals surface area contributed by atoms with Crippen molar-refractivity contribution >= 4 is 23.3 Å². The molecule has 5 nitrogen and oxygen atoms in total. The van der Waals surface area contributed by atoms with Crippen LogP contribution in [-0.4, -0.2) is 33.5 Å². The molecule has 2 aromatic carbocycles. The van der Waals surface area contributed by atoms with Gasteiger partial charge in [-0.3, -0.25) is 0 Å². The van der Waals surface area contributed by atoms with Crippen LogP contribution in [0.4, 0.5) is 4.39 Å². The summed E-state index contributed by atoms with van der Waals surface area (Å²) in [4.78, 5) is 13.3. The molecule has 34 heavy (non-hydrogen) atoms. The lowest BCUT2D eigenvalue weighted by molar-refractivity contribution is -0.115. The summed E-state index contributed by atoms with van der Waals surface area (Å²) in [6.07, 6.45) is 6.03. The fourth-order valence-corrected chi connectivity index (χ4v) is 6.32. The van der Waals surface area contributed by atoms with Gasteiger partial charge in [-0.15, -0.1) is 4.31 Å². The van der Waals surface area contributed by atoms with E-state index in [-0.39, 0.29) is 11.2 Å². The number of hydrogen-bond acceptors (Lipinski definition) is 3. The van der Waals surface area contributed by atoms with Crippen LogP contribution < -0.4 is 0 Å². The molecule has 1 aromatic heterocycles. The van der Waals surface area contributed by atoms with Crippen molar-refractivity contribution in [1.29, 1.82) is 0 Å². The summed E-state index contributed by atoms with van der Waals surface area (Å²) in [5.41, 5.74) is 4.23. The second kappa shape index (κ2) is 8.40. The van der Waals surface area contributed by atoms with E-state index in [4.69, 9.17) is 0 Å². The molecule has 2 atom stereocenters. The summed E-state index contributed by atoms with van der Waals surface area (Å²) in [7, 11) is -1.77. The van der Waals surface area contributed by atoms with Gasteiger partial charge in [-0.05, 0) is 71.9 Å². The van der Waals surface area contributed by atoms with Crippen LogP contribution in [0.15, 0.2) is 65.2 Å². The Bertz CT molecular complexity index is 1290. The third-order valence-electron chi connectivity index (χ3n) is 6.95. The minimum absolute atomic E-state index is 0.0364. The van der Waals surface area contributed by atoms with Crippen molar-refractivity contribution in [2.45, 2.75) is 43.9 Å². The predicted molar refractivity (Wildman–Crippen MR) is 133 cm³/mol. The number of thiol groups is 1. The molecule has 0 spiro atoms. The molecule has 176 valence electrons. The predicted octanol–water partition coefficient (Wildman–Crippen LogP) is 4.81. The number of piperidine rings is 1. The third kappa shape index (κ3) is 3.97. The van der Waals surface area contributed by atoms with Gasteiger partial charge in [0, 0.05) is 6.54 Å². The maximum Gasteiger partial charge on any atom is 0.178 e. The Labute approximate surface area is 201 Å². The number of hydrogen-bond donors (Lipinski definition) is 0. The first-order valence-electron chi connectivity index (χ1n) is 11.5. The molecule has 0 saturated carbocycles. The second-order valence-corrected chi connectivity index (χ2v) is 11.9. The Hall–Kier alpha value is -2.90. The van der Waals surface area contributed by atoms with E-state index in [0.29, 0.717) is 25.9 Å². The van der Waals surface area contributed by atoms with Crippen LogP contribution in [0.3, 0.4) is 0 Å². The molecule has 1 aliphatic carbocycles. The molecular weight excluding hydrogens is 449 g/mol.